The average molecular weight is 330 g/mol. The number of rotatable bonds is 6. The summed E-state index contributed by atoms with van der Waals surface area (Å²) in [5.41, 5.74) is 9.42. The van der Waals surface area contributed by atoms with Crippen molar-refractivity contribution in [1.29, 1.82) is 0 Å². The van der Waals surface area contributed by atoms with Crippen molar-refractivity contribution >= 4 is 0 Å². The topological polar surface area (TPSA) is 29.5 Å². The van der Waals surface area contributed by atoms with Crippen molar-refractivity contribution in [2.75, 3.05) is 19.8 Å². The predicted octanol–water partition coefficient (Wildman–Crippen LogP) is 4.48. The molecule has 0 spiro atoms. The summed E-state index contributed by atoms with van der Waals surface area (Å²) in [5, 5.41) is 8.83. The molecule has 0 fully saturated rings. The van der Waals surface area contributed by atoms with Gasteiger partial charge in [-0.2, -0.15) is 0 Å². The zero-order valence-corrected chi connectivity index (χ0v) is 14.2. The number of hydrogen-bond acceptors (Lipinski definition) is 2. The van der Waals surface area contributed by atoms with Crippen LogP contribution in [0.3, 0.4) is 0 Å². The number of aliphatic hydroxyl groups is 1. The molecule has 4 rings (SSSR count). The van der Waals surface area contributed by atoms with Crippen LogP contribution < -0.4 is 0 Å². The molecule has 2 nitrogen and oxygen atoms in total. The third-order valence-electron chi connectivity index (χ3n) is 4.90. The lowest BCUT2D eigenvalue weighted by molar-refractivity contribution is 0.0944. The summed E-state index contributed by atoms with van der Waals surface area (Å²) in [6.07, 6.45) is 1.89. The number of aliphatic hydroxyl groups excluding tert-OH is 1. The number of fused-ring (bicyclic) bond motifs is 3. The van der Waals surface area contributed by atoms with E-state index in [1.807, 2.05) is 0 Å². The number of benzene rings is 3. The highest BCUT2D eigenvalue weighted by atomic mass is 16.5. The highest BCUT2D eigenvalue weighted by Crippen LogP contribution is 2.40. The van der Waals surface area contributed by atoms with Crippen LogP contribution in [0.25, 0.3) is 22.3 Å². The number of ether oxygens (including phenoxy) is 1. The summed E-state index contributed by atoms with van der Waals surface area (Å²) < 4.78 is 5.45. The molecular formula is C23H22O2. The molecule has 126 valence electrons. The van der Waals surface area contributed by atoms with Crippen LogP contribution in [0.1, 0.15) is 16.7 Å². The fourth-order valence-electron chi connectivity index (χ4n) is 3.66. The second-order valence-electron chi connectivity index (χ2n) is 6.44. The fourth-order valence-corrected chi connectivity index (χ4v) is 3.66. The van der Waals surface area contributed by atoms with E-state index in [1.54, 1.807) is 0 Å². The molecule has 25 heavy (non-hydrogen) atoms. The smallest absolute Gasteiger partial charge is 0.0697 e. The van der Waals surface area contributed by atoms with E-state index in [0.29, 0.717) is 13.2 Å². The predicted molar refractivity (Wildman–Crippen MR) is 102 cm³/mol. The van der Waals surface area contributed by atoms with Crippen molar-refractivity contribution in [1.82, 2.24) is 0 Å². The summed E-state index contributed by atoms with van der Waals surface area (Å²) in [4.78, 5) is 0. The van der Waals surface area contributed by atoms with Gasteiger partial charge in [-0.1, -0.05) is 60.7 Å². The van der Waals surface area contributed by atoms with Crippen molar-refractivity contribution < 1.29 is 9.84 Å². The Kier molecular flexibility index (Phi) is 4.64. The van der Waals surface area contributed by atoms with E-state index in [2.05, 4.69) is 66.7 Å². The zero-order valence-electron chi connectivity index (χ0n) is 14.2. The summed E-state index contributed by atoms with van der Waals surface area (Å²) in [7, 11) is 0. The lowest BCUT2D eigenvalue weighted by atomic mass is 9.97. The Morgan fingerprint density at radius 1 is 0.800 bits per heavy atom. The van der Waals surface area contributed by atoms with Crippen molar-refractivity contribution in [2.24, 2.45) is 0 Å². The van der Waals surface area contributed by atoms with E-state index < -0.39 is 0 Å². The molecule has 0 unspecified atom stereocenters. The van der Waals surface area contributed by atoms with Crippen LogP contribution in [0.15, 0.2) is 66.7 Å². The Labute approximate surface area is 148 Å². The van der Waals surface area contributed by atoms with Crippen LogP contribution in [-0.2, 0) is 17.6 Å². The highest BCUT2D eigenvalue weighted by molar-refractivity contribution is 5.82. The normalized spacial score (nSPS) is 12.0. The van der Waals surface area contributed by atoms with E-state index in [9.17, 15) is 0 Å². The molecule has 0 aromatic heterocycles. The molecule has 0 amide bonds. The molecule has 0 atom stereocenters. The van der Waals surface area contributed by atoms with Gasteiger partial charge in [0.25, 0.3) is 0 Å². The molecule has 3 aromatic rings. The summed E-state index contributed by atoms with van der Waals surface area (Å²) in [6, 6.07) is 23.9. The van der Waals surface area contributed by atoms with Gasteiger partial charge >= 0.3 is 0 Å². The maximum atomic E-state index is 8.83. The minimum Gasteiger partial charge on any atom is -0.394 e. The molecule has 0 aliphatic heterocycles. The van der Waals surface area contributed by atoms with Gasteiger partial charge in [-0.05, 0) is 57.9 Å². The summed E-state index contributed by atoms with van der Waals surface area (Å²) >= 11 is 0. The quantitative estimate of drug-likeness (QED) is 0.528. The van der Waals surface area contributed by atoms with Crippen molar-refractivity contribution in [3.63, 3.8) is 0 Å². The molecule has 0 radical (unpaired) electrons. The maximum absolute atomic E-state index is 8.83. The van der Waals surface area contributed by atoms with Gasteiger partial charge in [-0.3, -0.25) is 0 Å². The lowest BCUT2D eigenvalue weighted by Gasteiger charge is -2.09. The van der Waals surface area contributed by atoms with E-state index in [4.69, 9.17) is 9.84 Å². The van der Waals surface area contributed by atoms with Crippen molar-refractivity contribution in [3.05, 3.63) is 83.4 Å². The molecule has 0 bridgehead atoms. The molecule has 0 saturated heterocycles. The first-order valence-electron chi connectivity index (χ1n) is 8.85. The van der Waals surface area contributed by atoms with Gasteiger partial charge in [-0.15, -0.1) is 0 Å². The summed E-state index contributed by atoms with van der Waals surface area (Å²) in [5.74, 6) is 0. The van der Waals surface area contributed by atoms with E-state index in [0.717, 1.165) is 12.8 Å². The Bertz CT molecular complexity index is 869. The van der Waals surface area contributed by atoms with Crippen molar-refractivity contribution in [3.8, 4) is 22.3 Å². The van der Waals surface area contributed by atoms with Gasteiger partial charge in [0.1, 0.15) is 0 Å². The Balaban J connectivity index is 1.64. The van der Waals surface area contributed by atoms with Gasteiger partial charge in [0, 0.05) is 0 Å². The minimum absolute atomic E-state index is 0.0839. The molecular weight excluding hydrogens is 308 g/mol. The first kappa shape index (κ1) is 16.1. The minimum atomic E-state index is 0.0839. The van der Waals surface area contributed by atoms with Crippen molar-refractivity contribution in [2.45, 2.75) is 12.8 Å². The lowest BCUT2D eigenvalue weighted by Crippen LogP contribution is -2.04. The molecule has 0 saturated carbocycles. The SMILES string of the molecule is OCCOCCc1cccc2c1Cc1ccc(-c3ccccc3)cc1-2. The second kappa shape index (κ2) is 7.22. The van der Waals surface area contributed by atoms with Crippen LogP contribution in [0.4, 0.5) is 0 Å². The first-order valence-corrected chi connectivity index (χ1v) is 8.85. The third kappa shape index (κ3) is 3.23. The molecule has 1 aliphatic rings. The van der Waals surface area contributed by atoms with E-state index in [-0.39, 0.29) is 6.61 Å². The fraction of sp³-hybridized carbons (Fsp3) is 0.217. The molecule has 3 aromatic carbocycles. The molecule has 1 aliphatic carbocycles. The Morgan fingerprint density at radius 2 is 1.68 bits per heavy atom. The van der Waals surface area contributed by atoms with Gasteiger partial charge < -0.3 is 9.84 Å². The van der Waals surface area contributed by atoms with Crippen LogP contribution in [0.2, 0.25) is 0 Å². The van der Waals surface area contributed by atoms with Gasteiger partial charge in [0.05, 0.1) is 19.8 Å². The first-order chi connectivity index (χ1) is 12.4. The van der Waals surface area contributed by atoms with E-state index >= 15 is 0 Å². The summed E-state index contributed by atoms with van der Waals surface area (Å²) in [6.45, 7) is 1.15. The number of hydrogen-bond donors (Lipinski definition) is 1. The maximum Gasteiger partial charge on any atom is 0.0697 e. The zero-order chi connectivity index (χ0) is 17.1. The second-order valence-corrected chi connectivity index (χ2v) is 6.44. The Morgan fingerprint density at radius 3 is 2.52 bits per heavy atom. The Hall–Kier alpha value is -2.42. The van der Waals surface area contributed by atoms with E-state index in [1.165, 1.54) is 38.9 Å². The highest BCUT2D eigenvalue weighted by Gasteiger charge is 2.21. The molecule has 2 heteroatoms. The standard InChI is InChI=1S/C23H22O2/c24-12-14-25-13-11-18-7-4-8-21-22(18)16-20-10-9-19(15-23(20)21)17-5-2-1-3-6-17/h1-10,15,24H,11-14,16H2. The largest absolute Gasteiger partial charge is 0.394 e. The van der Waals surface area contributed by atoms with Crippen LogP contribution >= 0.6 is 0 Å². The van der Waals surface area contributed by atoms with Crippen LogP contribution in [-0.4, -0.2) is 24.9 Å². The third-order valence-corrected chi connectivity index (χ3v) is 4.90. The molecule has 0 heterocycles. The van der Waals surface area contributed by atoms with Crippen LogP contribution in [0.5, 0.6) is 0 Å². The van der Waals surface area contributed by atoms with Gasteiger partial charge in [0.15, 0.2) is 0 Å². The average Bonchev–Trinajstić information content (AvgIpc) is 3.05. The van der Waals surface area contributed by atoms with Crippen LogP contribution in [0, 0.1) is 0 Å². The molecule has 1 N–H and O–H groups in total. The monoisotopic (exact) mass is 330 g/mol. The van der Waals surface area contributed by atoms with Gasteiger partial charge in [0.2, 0.25) is 0 Å². The van der Waals surface area contributed by atoms with Gasteiger partial charge in [-0.25, -0.2) is 0 Å².